The van der Waals surface area contributed by atoms with Gasteiger partial charge in [0.05, 0.1) is 19.3 Å². The van der Waals surface area contributed by atoms with E-state index >= 15 is 0 Å². The molecule has 5 heteroatoms. The first kappa shape index (κ1) is 15.9. The van der Waals surface area contributed by atoms with Gasteiger partial charge in [0.1, 0.15) is 0 Å². The molecule has 0 aliphatic carbocycles. The Morgan fingerprint density at radius 2 is 2.00 bits per heavy atom. The van der Waals surface area contributed by atoms with E-state index in [0.717, 1.165) is 31.5 Å². The summed E-state index contributed by atoms with van der Waals surface area (Å²) in [7, 11) is 0. The van der Waals surface area contributed by atoms with Crippen LogP contribution in [0, 0.1) is 5.92 Å². The van der Waals surface area contributed by atoms with Gasteiger partial charge in [-0.15, -0.1) is 0 Å². The number of hydrogen-bond acceptors (Lipinski definition) is 4. The van der Waals surface area contributed by atoms with Gasteiger partial charge in [0.2, 0.25) is 5.91 Å². The van der Waals surface area contributed by atoms with Gasteiger partial charge in [-0.3, -0.25) is 4.79 Å². The first-order valence-electron chi connectivity index (χ1n) is 7.46. The normalized spacial score (nSPS) is 18.5. The van der Waals surface area contributed by atoms with E-state index in [1.54, 1.807) is 0 Å². The van der Waals surface area contributed by atoms with Crippen LogP contribution >= 0.6 is 0 Å². The van der Waals surface area contributed by atoms with Gasteiger partial charge >= 0.3 is 0 Å². The molecule has 5 nitrogen and oxygen atoms in total. The number of piperidine rings is 1. The lowest BCUT2D eigenvalue weighted by molar-refractivity contribution is -0.123. The average Bonchev–Trinajstić information content (AvgIpc) is 2.49. The summed E-state index contributed by atoms with van der Waals surface area (Å²) < 4.78 is 5.53. The van der Waals surface area contributed by atoms with Crippen molar-refractivity contribution in [2.45, 2.75) is 25.6 Å². The van der Waals surface area contributed by atoms with Crippen LogP contribution in [0.3, 0.4) is 0 Å². The topological polar surface area (TPSA) is 75.8 Å². The molecular formula is C16H24N2O3. The number of aliphatic hydroxyl groups excluding tert-OH is 1. The van der Waals surface area contributed by atoms with Gasteiger partial charge in [-0.1, -0.05) is 30.3 Å². The Balaban J connectivity index is 1.62. The predicted octanol–water partition coefficient (Wildman–Crippen LogP) is 0.761. The van der Waals surface area contributed by atoms with Crippen LogP contribution in [0.2, 0.25) is 0 Å². The van der Waals surface area contributed by atoms with Crippen molar-refractivity contribution in [3.8, 4) is 0 Å². The fourth-order valence-corrected chi connectivity index (χ4v) is 2.64. The van der Waals surface area contributed by atoms with Crippen molar-refractivity contribution in [1.29, 1.82) is 0 Å². The summed E-state index contributed by atoms with van der Waals surface area (Å²) in [6.07, 6.45) is 1.07. The Hall–Kier alpha value is -1.43. The Morgan fingerprint density at radius 3 is 2.62 bits per heavy atom. The van der Waals surface area contributed by atoms with Crippen LogP contribution in [-0.4, -0.2) is 48.3 Å². The Bertz CT molecular complexity index is 430. The van der Waals surface area contributed by atoms with Gasteiger partial charge < -0.3 is 20.5 Å². The van der Waals surface area contributed by atoms with E-state index in [-0.39, 0.29) is 11.8 Å². The number of nitrogens with two attached hydrogens (primary N) is 1. The zero-order chi connectivity index (χ0) is 15.1. The maximum Gasteiger partial charge on any atom is 0.220 e. The number of β-amino-alcohol motifs (C(OH)–C–C–N with tert-alkyl or cyclic N) is 1. The zero-order valence-electron chi connectivity index (χ0n) is 12.3. The van der Waals surface area contributed by atoms with E-state index in [4.69, 9.17) is 10.5 Å². The molecule has 21 heavy (non-hydrogen) atoms. The Morgan fingerprint density at radius 1 is 1.33 bits per heavy atom. The maximum atomic E-state index is 11.1. The average molecular weight is 292 g/mol. The van der Waals surface area contributed by atoms with Gasteiger partial charge in [-0.05, 0) is 31.5 Å². The lowest BCUT2D eigenvalue weighted by atomic mass is 9.96. The van der Waals surface area contributed by atoms with E-state index in [2.05, 4.69) is 4.90 Å². The number of carbonyl (C=O) groups is 1. The number of ether oxygens (including phenoxy) is 1. The molecule has 1 amide bonds. The highest BCUT2D eigenvalue weighted by Crippen LogP contribution is 2.16. The molecule has 1 fully saturated rings. The van der Waals surface area contributed by atoms with Crippen molar-refractivity contribution in [3.05, 3.63) is 35.9 Å². The van der Waals surface area contributed by atoms with Crippen LogP contribution < -0.4 is 5.73 Å². The van der Waals surface area contributed by atoms with Crippen LogP contribution in [0.25, 0.3) is 0 Å². The van der Waals surface area contributed by atoms with E-state index in [0.29, 0.717) is 19.8 Å². The minimum absolute atomic E-state index is 0.00674. The second-order valence-electron chi connectivity index (χ2n) is 5.63. The van der Waals surface area contributed by atoms with Crippen molar-refractivity contribution < 1.29 is 14.6 Å². The lowest BCUT2D eigenvalue weighted by Crippen LogP contribution is -2.42. The predicted molar refractivity (Wildman–Crippen MR) is 80.5 cm³/mol. The molecule has 2 rings (SSSR count). The maximum absolute atomic E-state index is 11.1. The molecule has 1 atom stereocenters. The zero-order valence-corrected chi connectivity index (χ0v) is 12.3. The number of amides is 1. The third-order valence-corrected chi connectivity index (χ3v) is 3.88. The first-order valence-corrected chi connectivity index (χ1v) is 7.46. The van der Waals surface area contributed by atoms with Gasteiger partial charge in [0, 0.05) is 12.5 Å². The van der Waals surface area contributed by atoms with Gasteiger partial charge in [-0.25, -0.2) is 0 Å². The molecule has 1 aromatic carbocycles. The third-order valence-electron chi connectivity index (χ3n) is 3.88. The third kappa shape index (κ3) is 5.46. The smallest absolute Gasteiger partial charge is 0.220 e. The van der Waals surface area contributed by atoms with E-state index in [9.17, 15) is 9.90 Å². The molecule has 0 radical (unpaired) electrons. The van der Waals surface area contributed by atoms with Crippen LogP contribution in [0.15, 0.2) is 30.3 Å². The molecule has 1 aromatic rings. The molecule has 1 aliphatic rings. The Kier molecular flexibility index (Phi) is 6.17. The van der Waals surface area contributed by atoms with Crippen LogP contribution in [0.4, 0.5) is 0 Å². The van der Waals surface area contributed by atoms with Crippen LogP contribution in [0.1, 0.15) is 18.4 Å². The number of likely N-dealkylation sites (tertiary alicyclic amines) is 1. The standard InChI is InChI=1S/C16H24N2O3/c17-16(20)14-6-8-18(9-7-14)10-15(19)12-21-11-13-4-2-1-3-5-13/h1-5,14-15,19H,6-12H2,(H2,17,20)/t15-/m0/s1. The highest BCUT2D eigenvalue weighted by molar-refractivity contribution is 5.76. The number of primary amides is 1. The van der Waals surface area contributed by atoms with E-state index in [1.165, 1.54) is 0 Å². The number of hydrogen-bond donors (Lipinski definition) is 2. The highest BCUT2D eigenvalue weighted by Gasteiger charge is 2.24. The van der Waals surface area contributed by atoms with E-state index in [1.807, 2.05) is 30.3 Å². The molecule has 1 aliphatic heterocycles. The van der Waals surface area contributed by atoms with Crippen LogP contribution in [-0.2, 0) is 16.1 Å². The highest BCUT2D eigenvalue weighted by atomic mass is 16.5. The minimum atomic E-state index is -0.501. The fourth-order valence-electron chi connectivity index (χ4n) is 2.64. The van der Waals surface area contributed by atoms with Crippen molar-refractivity contribution in [3.63, 3.8) is 0 Å². The molecule has 1 heterocycles. The molecule has 116 valence electrons. The lowest BCUT2D eigenvalue weighted by Gasteiger charge is -2.31. The molecule has 0 spiro atoms. The second-order valence-corrected chi connectivity index (χ2v) is 5.63. The summed E-state index contributed by atoms with van der Waals surface area (Å²) in [4.78, 5) is 13.3. The number of rotatable bonds is 7. The number of carbonyl (C=O) groups excluding carboxylic acids is 1. The number of nitrogens with zero attached hydrogens (tertiary/aromatic N) is 1. The first-order chi connectivity index (χ1) is 10.1. The summed E-state index contributed by atoms with van der Waals surface area (Å²) in [6.45, 7) is 3.04. The minimum Gasteiger partial charge on any atom is -0.389 e. The second kappa shape index (κ2) is 8.12. The molecule has 0 bridgehead atoms. The molecular weight excluding hydrogens is 268 g/mol. The fraction of sp³-hybridized carbons (Fsp3) is 0.562. The van der Waals surface area contributed by atoms with Gasteiger partial charge in [-0.2, -0.15) is 0 Å². The molecule has 0 unspecified atom stereocenters. The SMILES string of the molecule is NC(=O)C1CCN(C[C@H](O)COCc2ccccc2)CC1. The summed E-state index contributed by atoms with van der Waals surface area (Å²) >= 11 is 0. The largest absolute Gasteiger partial charge is 0.389 e. The number of aliphatic hydroxyl groups is 1. The van der Waals surface area contributed by atoms with Crippen molar-refractivity contribution in [1.82, 2.24) is 4.90 Å². The summed E-state index contributed by atoms with van der Waals surface area (Å²) in [5.41, 5.74) is 6.41. The molecule has 0 aromatic heterocycles. The molecule has 0 saturated carbocycles. The molecule has 3 N–H and O–H groups in total. The summed E-state index contributed by atoms with van der Waals surface area (Å²) in [5, 5.41) is 10.00. The van der Waals surface area contributed by atoms with Gasteiger partial charge in [0.15, 0.2) is 0 Å². The summed E-state index contributed by atoms with van der Waals surface area (Å²) in [6, 6.07) is 9.91. The summed E-state index contributed by atoms with van der Waals surface area (Å²) in [5.74, 6) is -0.214. The van der Waals surface area contributed by atoms with E-state index < -0.39 is 6.10 Å². The van der Waals surface area contributed by atoms with Crippen LogP contribution in [0.5, 0.6) is 0 Å². The van der Waals surface area contributed by atoms with Gasteiger partial charge in [0.25, 0.3) is 0 Å². The molecule has 1 saturated heterocycles. The number of benzene rings is 1. The monoisotopic (exact) mass is 292 g/mol. The van der Waals surface area contributed by atoms with Crippen molar-refractivity contribution >= 4 is 5.91 Å². The van der Waals surface area contributed by atoms with Crippen molar-refractivity contribution in [2.24, 2.45) is 11.7 Å². The Labute approximate surface area is 125 Å². The quantitative estimate of drug-likeness (QED) is 0.778. The van der Waals surface area contributed by atoms with Crippen molar-refractivity contribution in [2.75, 3.05) is 26.2 Å².